The Morgan fingerprint density at radius 3 is 2.44 bits per heavy atom. The van der Waals surface area contributed by atoms with Crippen LogP contribution in [0.15, 0.2) is 60.0 Å². The lowest BCUT2D eigenvalue weighted by Gasteiger charge is -2.17. The third-order valence-corrected chi connectivity index (χ3v) is 4.82. The molecule has 0 bridgehead atoms. The largest absolute Gasteiger partial charge is 0.349 e. The van der Waals surface area contributed by atoms with E-state index in [0.29, 0.717) is 5.13 Å². The number of nitrogens with one attached hydrogen (secondary N) is 2. The Morgan fingerprint density at radius 1 is 1.07 bits per heavy atom. The molecule has 2 N–H and O–H groups in total. The van der Waals surface area contributed by atoms with Crippen LogP contribution in [0.5, 0.6) is 0 Å². The number of aromatic nitrogens is 1. The summed E-state index contributed by atoms with van der Waals surface area (Å²) in [5, 5.41) is 8.13. The van der Waals surface area contributed by atoms with E-state index in [-0.39, 0.29) is 24.3 Å². The Bertz CT molecular complexity index is 920. The lowest BCUT2D eigenvalue weighted by atomic mass is 10.0. The van der Waals surface area contributed by atoms with Crippen LogP contribution in [-0.4, -0.2) is 16.8 Å². The minimum atomic E-state index is -0.375. The van der Waals surface area contributed by atoms with Crippen molar-refractivity contribution < 1.29 is 9.59 Å². The van der Waals surface area contributed by atoms with E-state index in [4.69, 9.17) is 0 Å². The zero-order chi connectivity index (χ0) is 19.2. The van der Waals surface area contributed by atoms with Crippen molar-refractivity contribution in [2.45, 2.75) is 26.3 Å². The second-order valence-electron chi connectivity index (χ2n) is 6.32. The van der Waals surface area contributed by atoms with Gasteiger partial charge in [0.1, 0.15) is 0 Å². The quantitative estimate of drug-likeness (QED) is 0.670. The van der Waals surface area contributed by atoms with Gasteiger partial charge in [0.15, 0.2) is 5.13 Å². The molecule has 1 heterocycles. The van der Waals surface area contributed by atoms with Crippen molar-refractivity contribution >= 4 is 28.3 Å². The van der Waals surface area contributed by atoms with Crippen molar-refractivity contribution in [1.29, 1.82) is 0 Å². The molecule has 27 heavy (non-hydrogen) atoms. The highest BCUT2D eigenvalue weighted by molar-refractivity contribution is 7.14. The average Bonchev–Trinajstić information content (AvgIpc) is 3.10. The van der Waals surface area contributed by atoms with Gasteiger partial charge in [0.2, 0.25) is 11.8 Å². The summed E-state index contributed by atoms with van der Waals surface area (Å²) in [7, 11) is 0. The van der Waals surface area contributed by atoms with Gasteiger partial charge in [0, 0.05) is 17.9 Å². The fourth-order valence-corrected chi connectivity index (χ4v) is 3.46. The van der Waals surface area contributed by atoms with Crippen molar-refractivity contribution in [2.24, 2.45) is 0 Å². The van der Waals surface area contributed by atoms with E-state index in [1.807, 2.05) is 66.9 Å². The first-order valence-electron chi connectivity index (χ1n) is 8.66. The maximum Gasteiger partial charge on any atom is 0.228 e. The van der Waals surface area contributed by atoms with Gasteiger partial charge in [0.25, 0.3) is 0 Å². The molecule has 3 rings (SSSR count). The SMILES string of the molecule is CC(=O)N[C@H](CC(=O)Nc1nc(-c2ccc(C)cc2)cs1)c1ccccc1. The molecule has 2 aromatic carbocycles. The summed E-state index contributed by atoms with van der Waals surface area (Å²) in [5.74, 6) is -0.366. The maximum atomic E-state index is 12.5. The standard InChI is InChI=1S/C21H21N3O2S/c1-14-8-10-17(11-9-14)19-13-27-21(23-19)24-20(26)12-18(22-15(2)25)16-6-4-3-5-7-16/h3-11,13,18H,12H2,1-2H3,(H,22,25)(H,23,24,26)/t18-/m1/s1. The summed E-state index contributed by atoms with van der Waals surface area (Å²) < 4.78 is 0. The molecule has 0 radical (unpaired) electrons. The molecular weight excluding hydrogens is 358 g/mol. The van der Waals surface area contributed by atoms with E-state index < -0.39 is 0 Å². The molecule has 0 unspecified atom stereocenters. The van der Waals surface area contributed by atoms with E-state index in [1.165, 1.54) is 23.8 Å². The minimum Gasteiger partial charge on any atom is -0.349 e. The van der Waals surface area contributed by atoms with Gasteiger partial charge in [-0.2, -0.15) is 0 Å². The van der Waals surface area contributed by atoms with Gasteiger partial charge in [-0.25, -0.2) is 4.98 Å². The highest BCUT2D eigenvalue weighted by Gasteiger charge is 2.18. The highest BCUT2D eigenvalue weighted by Crippen LogP contribution is 2.26. The molecule has 1 atom stereocenters. The van der Waals surface area contributed by atoms with Crippen LogP contribution < -0.4 is 10.6 Å². The summed E-state index contributed by atoms with van der Waals surface area (Å²) >= 11 is 1.38. The second kappa shape index (κ2) is 8.60. The number of hydrogen-bond acceptors (Lipinski definition) is 4. The van der Waals surface area contributed by atoms with Gasteiger partial charge in [-0.05, 0) is 12.5 Å². The molecule has 0 spiro atoms. The third kappa shape index (κ3) is 5.24. The van der Waals surface area contributed by atoms with Crippen LogP contribution in [0.25, 0.3) is 11.3 Å². The predicted octanol–water partition coefficient (Wildman–Crippen LogP) is 4.32. The maximum absolute atomic E-state index is 12.5. The predicted molar refractivity (Wildman–Crippen MR) is 109 cm³/mol. The first-order valence-corrected chi connectivity index (χ1v) is 9.53. The van der Waals surface area contributed by atoms with Crippen LogP contribution in [0.3, 0.4) is 0 Å². The molecule has 0 aliphatic heterocycles. The van der Waals surface area contributed by atoms with Crippen molar-refractivity contribution in [1.82, 2.24) is 10.3 Å². The Hall–Kier alpha value is -2.99. The van der Waals surface area contributed by atoms with Gasteiger partial charge < -0.3 is 10.6 Å². The lowest BCUT2D eigenvalue weighted by molar-refractivity contribution is -0.120. The normalized spacial score (nSPS) is 11.6. The minimum absolute atomic E-state index is 0.142. The van der Waals surface area contributed by atoms with Gasteiger partial charge in [-0.3, -0.25) is 9.59 Å². The fraction of sp³-hybridized carbons (Fsp3) is 0.190. The second-order valence-corrected chi connectivity index (χ2v) is 7.18. The zero-order valence-corrected chi connectivity index (χ0v) is 16.0. The Labute approximate surface area is 162 Å². The smallest absolute Gasteiger partial charge is 0.228 e. The number of carbonyl (C=O) groups is 2. The van der Waals surface area contributed by atoms with Crippen molar-refractivity contribution in [3.05, 3.63) is 71.1 Å². The number of carbonyl (C=O) groups excluding carboxylic acids is 2. The topological polar surface area (TPSA) is 71.1 Å². The fourth-order valence-electron chi connectivity index (χ4n) is 2.73. The van der Waals surface area contributed by atoms with Crippen LogP contribution >= 0.6 is 11.3 Å². The number of nitrogens with zero attached hydrogens (tertiary/aromatic N) is 1. The van der Waals surface area contributed by atoms with E-state index >= 15 is 0 Å². The van der Waals surface area contributed by atoms with Crippen molar-refractivity contribution in [3.8, 4) is 11.3 Å². The van der Waals surface area contributed by atoms with E-state index in [9.17, 15) is 9.59 Å². The molecule has 6 heteroatoms. The molecule has 3 aromatic rings. The highest BCUT2D eigenvalue weighted by atomic mass is 32.1. The van der Waals surface area contributed by atoms with Crippen LogP contribution in [0.4, 0.5) is 5.13 Å². The summed E-state index contributed by atoms with van der Waals surface area (Å²) in [6.45, 7) is 3.48. The van der Waals surface area contributed by atoms with Crippen LogP contribution in [0, 0.1) is 6.92 Å². The van der Waals surface area contributed by atoms with Gasteiger partial charge >= 0.3 is 0 Å². The average molecular weight is 379 g/mol. The number of hydrogen-bond donors (Lipinski definition) is 2. The number of benzene rings is 2. The zero-order valence-electron chi connectivity index (χ0n) is 15.2. The Balaban J connectivity index is 1.67. The molecule has 0 fully saturated rings. The molecule has 0 saturated heterocycles. The first-order chi connectivity index (χ1) is 13.0. The molecule has 5 nitrogen and oxygen atoms in total. The Kier molecular flexibility index (Phi) is 5.98. The summed E-state index contributed by atoms with van der Waals surface area (Å²) in [4.78, 5) is 28.5. The number of rotatable bonds is 6. The van der Waals surface area contributed by atoms with Crippen molar-refractivity contribution in [2.75, 3.05) is 5.32 Å². The van der Waals surface area contributed by atoms with E-state index in [0.717, 1.165) is 16.8 Å². The molecule has 1 aromatic heterocycles. The number of amides is 2. The number of thiazole rings is 1. The Morgan fingerprint density at radius 2 is 1.78 bits per heavy atom. The van der Waals surface area contributed by atoms with Gasteiger partial charge in [-0.15, -0.1) is 11.3 Å². The van der Waals surface area contributed by atoms with E-state index in [1.54, 1.807) is 0 Å². The number of anilines is 1. The molecule has 2 amide bonds. The van der Waals surface area contributed by atoms with Crippen molar-refractivity contribution in [3.63, 3.8) is 0 Å². The molecule has 138 valence electrons. The van der Waals surface area contributed by atoms with Gasteiger partial charge in [0.05, 0.1) is 18.2 Å². The molecule has 0 aliphatic rings. The van der Waals surface area contributed by atoms with Crippen LogP contribution in [0.2, 0.25) is 0 Å². The first kappa shape index (κ1) is 18.8. The van der Waals surface area contributed by atoms with Gasteiger partial charge in [-0.1, -0.05) is 60.2 Å². The molecule has 0 aliphatic carbocycles. The summed E-state index contributed by atoms with van der Waals surface area (Å²) in [6.07, 6.45) is 0.142. The van der Waals surface area contributed by atoms with Crippen LogP contribution in [0.1, 0.15) is 30.5 Å². The monoisotopic (exact) mass is 379 g/mol. The summed E-state index contributed by atoms with van der Waals surface area (Å²) in [5.41, 5.74) is 3.92. The summed E-state index contributed by atoms with van der Waals surface area (Å²) in [6, 6.07) is 17.2. The third-order valence-electron chi connectivity index (χ3n) is 4.07. The van der Waals surface area contributed by atoms with E-state index in [2.05, 4.69) is 15.6 Å². The van der Waals surface area contributed by atoms with Crippen LogP contribution in [-0.2, 0) is 9.59 Å². The molecule has 0 saturated carbocycles. The number of aryl methyl sites for hydroxylation is 1. The molecular formula is C21H21N3O2S. The lowest BCUT2D eigenvalue weighted by Crippen LogP contribution is -2.29.